The highest BCUT2D eigenvalue weighted by molar-refractivity contribution is 5.20. The monoisotopic (exact) mass is 222 g/mol. The third-order valence-corrected chi connectivity index (χ3v) is 4.97. The molecule has 1 aliphatic carbocycles. The summed E-state index contributed by atoms with van der Waals surface area (Å²) in [7, 11) is 0. The van der Waals surface area contributed by atoms with Gasteiger partial charge in [-0.15, -0.1) is 0 Å². The van der Waals surface area contributed by atoms with Gasteiger partial charge < -0.3 is 4.74 Å². The van der Waals surface area contributed by atoms with Gasteiger partial charge in [-0.05, 0) is 57.8 Å². The molecule has 3 atom stereocenters. The Balaban J connectivity index is 2.17. The van der Waals surface area contributed by atoms with Crippen molar-refractivity contribution in [3.63, 3.8) is 0 Å². The van der Waals surface area contributed by atoms with E-state index in [4.69, 9.17) is 4.74 Å². The van der Waals surface area contributed by atoms with Crippen LogP contribution in [0.2, 0.25) is 0 Å². The molecule has 0 aromatic carbocycles. The molecule has 3 unspecified atom stereocenters. The maximum absolute atomic E-state index is 6.08. The Hall–Kier alpha value is -0.300. The quantitative estimate of drug-likeness (QED) is 0.605. The molecule has 1 heteroatoms. The zero-order valence-corrected chi connectivity index (χ0v) is 11.6. The van der Waals surface area contributed by atoms with Gasteiger partial charge in [-0.1, -0.05) is 25.5 Å². The maximum Gasteiger partial charge on any atom is 0.0634 e. The Kier molecular flexibility index (Phi) is 2.73. The van der Waals surface area contributed by atoms with Crippen LogP contribution in [0.5, 0.6) is 0 Å². The number of ether oxygens (including phenoxy) is 1. The molecule has 1 saturated heterocycles. The summed E-state index contributed by atoms with van der Waals surface area (Å²) in [5.74, 6) is 1.49. The zero-order chi connectivity index (χ0) is 12.1. The molecule has 0 aromatic rings. The topological polar surface area (TPSA) is 9.23 Å². The molecule has 1 nitrogen and oxygen atoms in total. The molecule has 2 rings (SSSR count). The van der Waals surface area contributed by atoms with E-state index in [1.807, 2.05) is 0 Å². The van der Waals surface area contributed by atoms with Crippen LogP contribution in [0.3, 0.4) is 0 Å². The zero-order valence-electron chi connectivity index (χ0n) is 11.6. The Morgan fingerprint density at radius 2 is 1.88 bits per heavy atom. The minimum absolute atomic E-state index is 0.0800. The summed E-state index contributed by atoms with van der Waals surface area (Å²) in [5.41, 5.74) is 2.01. The van der Waals surface area contributed by atoms with Gasteiger partial charge >= 0.3 is 0 Å². The largest absolute Gasteiger partial charge is 0.372 e. The van der Waals surface area contributed by atoms with Crippen molar-refractivity contribution in [2.75, 3.05) is 0 Å². The van der Waals surface area contributed by atoms with Crippen molar-refractivity contribution < 1.29 is 4.74 Å². The summed E-state index contributed by atoms with van der Waals surface area (Å²) in [6.07, 6.45) is 5.30. The molecule has 2 aliphatic rings. The van der Waals surface area contributed by atoms with Gasteiger partial charge in [0.2, 0.25) is 0 Å². The Labute approximate surface area is 100 Å². The maximum atomic E-state index is 6.08. The van der Waals surface area contributed by atoms with Gasteiger partial charge in [-0.25, -0.2) is 0 Å². The number of hydrogen-bond acceptors (Lipinski definition) is 1. The van der Waals surface area contributed by atoms with Crippen LogP contribution >= 0.6 is 0 Å². The lowest BCUT2D eigenvalue weighted by Gasteiger charge is -2.35. The van der Waals surface area contributed by atoms with Crippen LogP contribution < -0.4 is 0 Å². The van der Waals surface area contributed by atoms with Gasteiger partial charge in [0.25, 0.3) is 0 Å². The molecule has 1 fully saturated rings. The van der Waals surface area contributed by atoms with Gasteiger partial charge in [-0.3, -0.25) is 0 Å². The van der Waals surface area contributed by atoms with E-state index in [0.29, 0.717) is 11.5 Å². The lowest BCUT2D eigenvalue weighted by molar-refractivity contribution is -0.0180. The van der Waals surface area contributed by atoms with Crippen molar-refractivity contribution in [2.24, 2.45) is 17.3 Å². The van der Waals surface area contributed by atoms with Gasteiger partial charge in [0.15, 0.2) is 0 Å². The minimum atomic E-state index is 0.0800. The lowest BCUT2D eigenvalue weighted by Crippen LogP contribution is -2.31. The Morgan fingerprint density at radius 1 is 1.25 bits per heavy atom. The van der Waals surface area contributed by atoms with E-state index in [1.54, 1.807) is 5.57 Å². The fraction of sp³-hybridized carbons (Fsp3) is 0.867. The van der Waals surface area contributed by atoms with Crippen molar-refractivity contribution in [3.05, 3.63) is 11.6 Å². The molecule has 0 saturated carbocycles. The molecule has 0 aromatic heterocycles. The van der Waals surface area contributed by atoms with Crippen molar-refractivity contribution in [3.8, 4) is 0 Å². The SMILES string of the molecule is CC1=CCC(C2CC(C)(C)OC2C)C1(C)C. The summed E-state index contributed by atoms with van der Waals surface area (Å²) in [4.78, 5) is 0. The van der Waals surface area contributed by atoms with E-state index in [0.717, 1.165) is 11.8 Å². The van der Waals surface area contributed by atoms with Crippen molar-refractivity contribution in [1.29, 1.82) is 0 Å². The summed E-state index contributed by atoms with van der Waals surface area (Å²) < 4.78 is 6.08. The number of allylic oxidation sites excluding steroid dienone is 2. The van der Waals surface area contributed by atoms with Gasteiger partial charge in [0, 0.05) is 0 Å². The van der Waals surface area contributed by atoms with Crippen molar-refractivity contribution >= 4 is 0 Å². The molecule has 16 heavy (non-hydrogen) atoms. The number of rotatable bonds is 1. The van der Waals surface area contributed by atoms with Crippen LogP contribution in [0.4, 0.5) is 0 Å². The van der Waals surface area contributed by atoms with E-state index in [-0.39, 0.29) is 5.60 Å². The van der Waals surface area contributed by atoms with Crippen LogP contribution in [-0.2, 0) is 4.74 Å². The normalized spacial score (nSPS) is 41.1. The molecular formula is C15H26O. The third kappa shape index (κ3) is 1.84. The van der Waals surface area contributed by atoms with Gasteiger partial charge in [0.05, 0.1) is 11.7 Å². The standard InChI is InChI=1S/C15H26O/c1-10-7-8-13(15(10,5)6)12-9-14(3,4)16-11(12)2/h7,11-13H,8-9H2,1-6H3. The van der Waals surface area contributed by atoms with Crippen LogP contribution in [-0.4, -0.2) is 11.7 Å². The average molecular weight is 222 g/mol. The Morgan fingerprint density at radius 3 is 2.25 bits per heavy atom. The van der Waals surface area contributed by atoms with E-state index < -0.39 is 0 Å². The molecule has 92 valence electrons. The van der Waals surface area contributed by atoms with E-state index in [9.17, 15) is 0 Å². The van der Waals surface area contributed by atoms with Crippen LogP contribution in [0.15, 0.2) is 11.6 Å². The summed E-state index contributed by atoms with van der Waals surface area (Å²) in [6, 6.07) is 0. The predicted octanol–water partition coefficient (Wildman–Crippen LogP) is 4.18. The lowest BCUT2D eigenvalue weighted by atomic mass is 9.68. The van der Waals surface area contributed by atoms with E-state index in [2.05, 4.69) is 47.6 Å². The highest BCUT2D eigenvalue weighted by Gasteiger charge is 2.48. The van der Waals surface area contributed by atoms with E-state index in [1.165, 1.54) is 12.8 Å². The van der Waals surface area contributed by atoms with Crippen molar-refractivity contribution in [2.45, 2.75) is 66.1 Å². The first-order valence-electron chi connectivity index (χ1n) is 6.59. The molecule has 1 heterocycles. The van der Waals surface area contributed by atoms with Gasteiger partial charge in [-0.2, -0.15) is 0 Å². The first-order valence-corrected chi connectivity index (χ1v) is 6.59. The van der Waals surface area contributed by atoms with Crippen molar-refractivity contribution in [1.82, 2.24) is 0 Å². The molecule has 0 spiro atoms. The second kappa shape index (κ2) is 3.60. The fourth-order valence-corrected chi connectivity index (χ4v) is 3.71. The molecule has 0 N–H and O–H groups in total. The Bertz CT molecular complexity index is 311. The van der Waals surface area contributed by atoms with Gasteiger partial charge in [0.1, 0.15) is 0 Å². The second-order valence-electron chi connectivity index (χ2n) is 6.90. The first-order chi connectivity index (χ1) is 7.24. The van der Waals surface area contributed by atoms with Crippen LogP contribution in [0.1, 0.15) is 54.4 Å². The number of hydrogen-bond donors (Lipinski definition) is 0. The smallest absolute Gasteiger partial charge is 0.0634 e. The molecule has 0 bridgehead atoms. The molecule has 0 amide bonds. The highest BCUT2D eigenvalue weighted by atomic mass is 16.5. The highest BCUT2D eigenvalue weighted by Crippen LogP contribution is 2.52. The molecule has 0 radical (unpaired) electrons. The predicted molar refractivity (Wildman–Crippen MR) is 68.4 cm³/mol. The minimum Gasteiger partial charge on any atom is -0.372 e. The van der Waals surface area contributed by atoms with Crippen LogP contribution in [0, 0.1) is 17.3 Å². The summed E-state index contributed by atoms with van der Waals surface area (Å²) in [6.45, 7) is 13.8. The summed E-state index contributed by atoms with van der Waals surface area (Å²) in [5, 5.41) is 0. The first kappa shape index (κ1) is 12.2. The average Bonchev–Trinajstić information content (AvgIpc) is 2.52. The third-order valence-electron chi connectivity index (χ3n) is 4.97. The molecule has 1 aliphatic heterocycles. The van der Waals surface area contributed by atoms with Crippen LogP contribution in [0.25, 0.3) is 0 Å². The van der Waals surface area contributed by atoms with E-state index >= 15 is 0 Å². The molecular weight excluding hydrogens is 196 g/mol. The summed E-state index contributed by atoms with van der Waals surface area (Å²) >= 11 is 0. The fourth-order valence-electron chi connectivity index (χ4n) is 3.71. The second-order valence-corrected chi connectivity index (χ2v) is 6.90.